The third kappa shape index (κ3) is 1.83. The molecule has 1 aliphatic rings. The van der Waals surface area contributed by atoms with Gasteiger partial charge in [0.15, 0.2) is 0 Å². The number of fused-ring (bicyclic) bond motifs is 2. The third-order valence-electron chi connectivity index (χ3n) is 3.95. The Balaban J connectivity index is 1.79. The molecule has 6 nitrogen and oxygen atoms in total. The molecule has 0 amide bonds. The predicted octanol–water partition coefficient (Wildman–Crippen LogP) is 2.29. The number of anilines is 1. The minimum absolute atomic E-state index is 0.113. The number of hydrogen-bond acceptors (Lipinski definition) is 5. The van der Waals surface area contributed by atoms with Gasteiger partial charge >= 0.3 is 0 Å². The predicted molar refractivity (Wildman–Crippen MR) is 78.6 cm³/mol. The summed E-state index contributed by atoms with van der Waals surface area (Å²) in [6.07, 6.45) is 1.62. The summed E-state index contributed by atoms with van der Waals surface area (Å²) in [4.78, 5) is 0. The Labute approximate surface area is 121 Å². The van der Waals surface area contributed by atoms with Crippen molar-refractivity contribution < 1.29 is 4.74 Å². The number of para-hydroxylation sites is 1. The van der Waals surface area contributed by atoms with Crippen LogP contribution in [-0.4, -0.2) is 26.4 Å². The van der Waals surface area contributed by atoms with Crippen LogP contribution in [0.1, 0.15) is 22.9 Å². The van der Waals surface area contributed by atoms with Gasteiger partial charge in [-0.1, -0.05) is 18.2 Å². The van der Waals surface area contributed by atoms with Gasteiger partial charge in [-0.3, -0.25) is 0 Å². The first-order valence-corrected chi connectivity index (χ1v) is 6.89. The van der Waals surface area contributed by atoms with E-state index in [1.165, 1.54) is 5.56 Å². The van der Waals surface area contributed by atoms with Crippen molar-refractivity contribution in [3.8, 4) is 5.75 Å². The average Bonchev–Trinajstić information content (AvgIpc) is 3.10. The van der Waals surface area contributed by atoms with Crippen LogP contribution < -0.4 is 10.1 Å². The summed E-state index contributed by atoms with van der Waals surface area (Å²) >= 11 is 0. The molecule has 21 heavy (non-hydrogen) atoms. The van der Waals surface area contributed by atoms with Gasteiger partial charge in [-0.15, -0.1) is 10.2 Å². The first-order chi connectivity index (χ1) is 10.2. The van der Waals surface area contributed by atoms with Gasteiger partial charge in [-0.2, -0.15) is 9.61 Å². The molecular formula is C15H15N5O. The second-order valence-corrected chi connectivity index (χ2v) is 5.23. The molecular weight excluding hydrogens is 266 g/mol. The van der Waals surface area contributed by atoms with E-state index in [1.54, 1.807) is 10.8 Å². The Bertz CT molecular complexity index is 826. The van der Waals surface area contributed by atoms with E-state index in [0.29, 0.717) is 6.61 Å². The van der Waals surface area contributed by atoms with Gasteiger partial charge in [-0.05, 0) is 25.5 Å². The second kappa shape index (κ2) is 4.44. The van der Waals surface area contributed by atoms with Crippen LogP contribution in [0.4, 0.5) is 5.69 Å². The van der Waals surface area contributed by atoms with E-state index < -0.39 is 0 Å². The van der Waals surface area contributed by atoms with Crippen molar-refractivity contribution >= 4 is 11.3 Å². The minimum atomic E-state index is 0.113. The van der Waals surface area contributed by atoms with Gasteiger partial charge in [-0.25, -0.2) is 0 Å². The summed E-state index contributed by atoms with van der Waals surface area (Å²) < 4.78 is 7.43. The topological polar surface area (TPSA) is 64.3 Å². The van der Waals surface area contributed by atoms with E-state index in [0.717, 1.165) is 28.3 Å². The van der Waals surface area contributed by atoms with Crippen LogP contribution in [0.3, 0.4) is 0 Å². The number of rotatable bonds is 2. The van der Waals surface area contributed by atoms with Crippen LogP contribution >= 0.6 is 0 Å². The van der Waals surface area contributed by atoms with Gasteiger partial charge in [0.1, 0.15) is 18.7 Å². The summed E-state index contributed by atoms with van der Waals surface area (Å²) in [7, 11) is 0. The molecule has 1 aromatic carbocycles. The molecule has 3 aromatic rings. The molecule has 0 aliphatic carbocycles. The van der Waals surface area contributed by atoms with E-state index in [9.17, 15) is 0 Å². The summed E-state index contributed by atoms with van der Waals surface area (Å²) in [6, 6.07) is 8.21. The Morgan fingerprint density at radius 1 is 1.29 bits per heavy atom. The highest BCUT2D eigenvalue weighted by Crippen LogP contribution is 2.35. The number of benzene rings is 1. The van der Waals surface area contributed by atoms with Crippen LogP contribution in [0, 0.1) is 13.8 Å². The molecule has 0 radical (unpaired) electrons. The molecule has 1 aliphatic heterocycles. The lowest BCUT2D eigenvalue weighted by Gasteiger charge is -2.16. The van der Waals surface area contributed by atoms with E-state index >= 15 is 0 Å². The Kier molecular flexibility index (Phi) is 2.57. The van der Waals surface area contributed by atoms with Crippen molar-refractivity contribution in [2.75, 3.05) is 11.9 Å². The first kappa shape index (κ1) is 12.1. The summed E-state index contributed by atoms with van der Waals surface area (Å²) in [5.74, 6) is 0.941. The second-order valence-electron chi connectivity index (χ2n) is 5.23. The van der Waals surface area contributed by atoms with E-state index in [4.69, 9.17) is 4.74 Å². The quantitative estimate of drug-likeness (QED) is 0.780. The Morgan fingerprint density at radius 3 is 3.05 bits per heavy atom. The van der Waals surface area contributed by atoms with Crippen molar-refractivity contribution in [2.24, 2.45) is 0 Å². The molecule has 0 bridgehead atoms. The Morgan fingerprint density at radius 2 is 2.14 bits per heavy atom. The highest BCUT2D eigenvalue weighted by molar-refractivity contribution is 5.72. The molecule has 106 valence electrons. The molecule has 1 atom stereocenters. The molecule has 1 N–H and O–H groups in total. The number of nitrogens with zero attached hydrogens (tertiary/aromatic N) is 4. The first-order valence-electron chi connectivity index (χ1n) is 6.89. The van der Waals surface area contributed by atoms with Gasteiger partial charge < -0.3 is 10.1 Å². The van der Waals surface area contributed by atoms with Crippen LogP contribution in [0.2, 0.25) is 0 Å². The molecule has 0 saturated heterocycles. The van der Waals surface area contributed by atoms with Gasteiger partial charge in [0.2, 0.25) is 5.65 Å². The number of aryl methyl sites for hydroxylation is 1. The van der Waals surface area contributed by atoms with E-state index in [-0.39, 0.29) is 6.04 Å². The smallest absolute Gasteiger partial charge is 0.200 e. The number of hydrogen-bond donors (Lipinski definition) is 1. The van der Waals surface area contributed by atoms with Crippen molar-refractivity contribution in [1.82, 2.24) is 19.8 Å². The fraction of sp³-hybridized carbons (Fsp3) is 0.267. The fourth-order valence-electron chi connectivity index (χ4n) is 2.68. The molecule has 0 saturated carbocycles. The highest BCUT2D eigenvalue weighted by Gasteiger charge is 2.25. The largest absolute Gasteiger partial charge is 0.491 e. The van der Waals surface area contributed by atoms with Crippen LogP contribution in [0.15, 0.2) is 30.6 Å². The van der Waals surface area contributed by atoms with Crippen molar-refractivity contribution in [3.05, 3.63) is 47.4 Å². The highest BCUT2D eigenvalue weighted by atomic mass is 16.5. The molecule has 2 aromatic heterocycles. The molecule has 0 spiro atoms. The maximum absolute atomic E-state index is 5.73. The van der Waals surface area contributed by atoms with Crippen molar-refractivity contribution in [3.63, 3.8) is 0 Å². The molecule has 0 fully saturated rings. The zero-order valence-electron chi connectivity index (χ0n) is 11.9. The SMILES string of the molecule is Cc1nn2cnnc2c(NC2COc3ccccc32)c1C. The number of nitrogens with one attached hydrogen (secondary N) is 1. The number of aromatic nitrogens is 4. The van der Waals surface area contributed by atoms with Gasteiger partial charge in [0, 0.05) is 5.56 Å². The summed E-state index contributed by atoms with van der Waals surface area (Å²) in [5, 5.41) is 16.1. The van der Waals surface area contributed by atoms with Crippen molar-refractivity contribution in [1.29, 1.82) is 0 Å². The lowest BCUT2D eigenvalue weighted by Crippen LogP contribution is -2.15. The third-order valence-corrected chi connectivity index (χ3v) is 3.95. The summed E-state index contributed by atoms with van der Waals surface area (Å²) in [6.45, 7) is 4.64. The molecule has 1 unspecified atom stereocenters. The lowest BCUT2D eigenvalue weighted by atomic mass is 10.1. The zero-order valence-corrected chi connectivity index (χ0v) is 11.9. The molecule has 4 rings (SSSR count). The average molecular weight is 281 g/mol. The minimum Gasteiger partial charge on any atom is -0.491 e. The molecule has 6 heteroatoms. The Hall–Kier alpha value is -2.63. The van der Waals surface area contributed by atoms with Crippen LogP contribution in [0.5, 0.6) is 5.75 Å². The van der Waals surface area contributed by atoms with Crippen LogP contribution in [-0.2, 0) is 0 Å². The van der Waals surface area contributed by atoms with E-state index in [2.05, 4.69) is 26.7 Å². The maximum Gasteiger partial charge on any atom is 0.200 e. The van der Waals surface area contributed by atoms with Gasteiger partial charge in [0.25, 0.3) is 0 Å². The van der Waals surface area contributed by atoms with Crippen LogP contribution in [0.25, 0.3) is 5.65 Å². The normalized spacial score (nSPS) is 16.8. The monoisotopic (exact) mass is 281 g/mol. The van der Waals surface area contributed by atoms with Crippen molar-refractivity contribution in [2.45, 2.75) is 19.9 Å². The number of ether oxygens (including phenoxy) is 1. The van der Waals surface area contributed by atoms with E-state index in [1.807, 2.05) is 32.0 Å². The van der Waals surface area contributed by atoms with Gasteiger partial charge in [0.05, 0.1) is 17.4 Å². The summed E-state index contributed by atoms with van der Waals surface area (Å²) in [5.41, 5.74) is 4.91. The fourth-order valence-corrected chi connectivity index (χ4v) is 2.68. The standard InChI is InChI=1S/C15H15N5O/c1-9-10(2)19-20-8-16-18-15(20)14(9)17-12-7-21-13-6-4-3-5-11(12)13/h3-6,8,12,17H,7H2,1-2H3. The zero-order chi connectivity index (χ0) is 14.4. The lowest BCUT2D eigenvalue weighted by molar-refractivity contribution is 0.340. The maximum atomic E-state index is 5.73. The molecule has 3 heterocycles.